The van der Waals surface area contributed by atoms with Crippen LogP contribution in [0.3, 0.4) is 0 Å². The second kappa shape index (κ2) is 7.83. The molecular formula is C24H21N3O3. The Kier molecular flexibility index (Phi) is 5.06. The number of para-hydroxylation sites is 1. The number of ether oxygens (including phenoxy) is 1. The molecule has 0 aliphatic rings. The van der Waals surface area contributed by atoms with Gasteiger partial charge in [0.1, 0.15) is 5.75 Å². The lowest BCUT2D eigenvalue weighted by molar-refractivity contribution is 0.214. The zero-order chi connectivity index (χ0) is 21.3. The van der Waals surface area contributed by atoms with Gasteiger partial charge in [0, 0.05) is 23.7 Å². The molecule has 4 aromatic rings. The van der Waals surface area contributed by atoms with E-state index in [4.69, 9.17) is 4.74 Å². The van der Waals surface area contributed by atoms with E-state index >= 15 is 0 Å². The number of fused-ring (bicyclic) bond motifs is 1. The van der Waals surface area contributed by atoms with E-state index in [0.717, 1.165) is 22.1 Å². The van der Waals surface area contributed by atoms with Crippen molar-refractivity contribution in [2.24, 2.45) is 7.05 Å². The van der Waals surface area contributed by atoms with Crippen molar-refractivity contribution in [1.82, 2.24) is 9.78 Å². The molecule has 0 aliphatic carbocycles. The molecule has 0 aliphatic heterocycles. The molecule has 1 heterocycles. The Bertz CT molecular complexity index is 1290. The first-order chi connectivity index (χ1) is 14.4. The highest BCUT2D eigenvalue weighted by molar-refractivity contribution is 5.94. The van der Waals surface area contributed by atoms with Crippen molar-refractivity contribution in [3.63, 3.8) is 0 Å². The van der Waals surface area contributed by atoms with Gasteiger partial charge in [0.25, 0.3) is 5.56 Å². The van der Waals surface area contributed by atoms with Crippen LogP contribution < -0.4 is 15.6 Å². The van der Waals surface area contributed by atoms with Crippen LogP contribution in [-0.2, 0) is 7.05 Å². The Hall–Kier alpha value is -3.93. The summed E-state index contributed by atoms with van der Waals surface area (Å²) in [5, 5.41) is 8.60. The maximum absolute atomic E-state index is 12.4. The molecule has 150 valence electrons. The number of anilines is 1. The van der Waals surface area contributed by atoms with Crippen molar-refractivity contribution in [2.75, 3.05) is 5.32 Å². The van der Waals surface area contributed by atoms with Crippen LogP contribution in [0, 0.1) is 13.8 Å². The van der Waals surface area contributed by atoms with Crippen molar-refractivity contribution in [1.29, 1.82) is 0 Å². The number of carbonyl (C=O) groups is 1. The molecule has 1 amide bonds. The summed E-state index contributed by atoms with van der Waals surface area (Å²) in [4.78, 5) is 24.7. The van der Waals surface area contributed by atoms with Crippen molar-refractivity contribution >= 4 is 22.6 Å². The molecule has 0 bridgehead atoms. The number of benzene rings is 3. The first kappa shape index (κ1) is 19.4. The van der Waals surface area contributed by atoms with Gasteiger partial charge >= 0.3 is 6.09 Å². The van der Waals surface area contributed by atoms with Crippen molar-refractivity contribution in [3.8, 4) is 17.0 Å². The number of hydrogen-bond acceptors (Lipinski definition) is 4. The van der Waals surface area contributed by atoms with Crippen LogP contribution in [0.25, 0.3) is 22.0 Å². The molecule has 1 aromatic heterocycles. The van der Waals surface area contributed by atoms with Gasteiger partial charge in [-0.2, -0.15) is 5.10 Å². The molecule has 0 spiro atoms. The number of nitrogens with zero attached hydrogens (tertiary/aromatic N) is 2. The summed E-state index contributed by atoms with van der Waals surface area (Å²) >= 11 is 0. The van der Waals surface area contributed by atoms with Crippen LogP contribution in [0.5, 0.6) is 5.75 Å². The van der Waals surface area contributed by atoms with E-state index in [0.29, 0.717) is 22.5 Å². The summed E-state index contributed by atoms with van der Waals surface area (Å²) in [5.74, 6) is 0.501. The third-order valence-corrected chi connectivity index (χ3v) is 4.91. The molecule has 6 nitrogen and oxygen atoms in total. The lowest BCUT2D eigenvalue weighted by Gasteiger charge is -2.14. The number of hydrogen-bond donors (Lipinski definition) is 1. The molecule has 6 heteroatoms. The van der Waals surface area contributed by atoms with Crippen molar-refractivity contribution < 1.29 is 9.53 Å². The van der Waals surface area contributed by atoms with Gasteiger partial charge < -0.3 is 4.74 Å². The Morgan fingerprint density at radius 2 is 1.53 bits per heavy atom. The van der Waals surface area contributed by atoms with Gasteiger partial charge in [0.2, 0.25) is 0 Å². The van der Waals surface area contributed by atoms with Gasteiger partial charge in [-0.05, 0) is 55.3 Å². The summed E-state index contributed by atoms with van der Waals surface area (Å²) in [6, 6.07) is 20.4. The zero-order valence-corrected chi connectivity index (χ0v) is 17.0. The van der Waals surface area contributed by atoms with E-state index in [1.54, 1.807) is 25.2 Å². The minimum absolute atomic E-state index is 0.139. The number of aryl methyl sites for hydroxylation is 3. The predicted molar refractivity (Wildman–Crippen MR) is 118 cm³/mol. The first-order valence-electron chi connectivity index (χ1n) is 9.55. The highest BCUT2D eigenvalue weighted by Gasteiger charge is 2.16. The van der Waals surface area contributed by atoms with E-state index in [2.05, 4.69) is 10.4 Å². The standard InChI is InChI=1S/C24H21N3O3/c1-15-13-17(21-19-11-7-8-12-20(19)23(28)27(3)26-21)14-16(2)22(15)30-24(29)25-18-9-5-4-6-10-18/h4-14H,1-3H3,(H,25,29). The molecule has 1 N–H and O–H groups in total. The lowest BCUT2D eigenvalue weighted by Crippen LogP contribution is -2.20. The smallest absolute Gasteiger partial charge is 0.410 e. The average Bonchev–Trinajstić information content (AvgIpc) is 2.74. The van der Waals surface area contributed by atoms with Gasteiger partial charge in [-0.15, -0.1) is 0 Å². The minimum atomic E-state index is -0.550. The fourth-order valence-electron chi connectivity index (χ4n) is 3.52. The van der Waals surface area contributed by atoms with Crippen LogP contribution in [-0.4, -0.2) is 15.9 Å². The zero-order valence-electron chi connectivity index (χ0n) is 17.0. The monoisotopic (exact) mass is 399 g/mol. The molecule has 3 aromatic carbocycles. The molecule has 4 rings (SSSR count). The second-order valence-electron chi connectivity index (χ2n) is 7.14. The summed E-state index contributed by atoms with van der Waals surface area (Å²) < 4.78 is 6.92. The summed E-state index contributed by atoms with van der Waals surface area (Å²) in [7, 11) is 1.64. The Morgan fingerprint density at radius 1 is 0.933 bits per heavy atom. The molecule has 0 atom stereocenters. The Balaban J connectivity index is 1.70. The summed E-state index contributed by atoms with van der Waals surface area (Å²) in [6.45, 7) is 3.76. The van der Waals surface area contributed by atoms with Crippen molar-refractivity contribution in [2.45, 2.75) is 13.8 Å². The van der Waals surface area contributed by atoms with Crippen LogP contribution in [0.1, 0.15) is 11.1 Å². The molecule has 0 saturated heterocycles. The van der Waals surface area contributed by atoms with Crippen LogP contribution in [0.15, 0.2) is 71.5 Å². The predicted octanol–water partition coefficient (Wildman–Crippen LogP) is 4.83. The van der Waals surface area contributed by atoms with Gasteiger partial charge in [-0.1, -0.05) is 36.4 Å². The van der Waals surface area contributed by atoms with Crippen LogP contribution >= 0.6 is 0 Å². The number of rotatable bonds is 3. The fraction of sp³-hybridized carbons (Fsp3) is 0.125. The average molecular weight is 399 g/mol. The number of carbonyl (C=O) groups excluding carboxylic acids is 1. The Labute approximate surface area is 173 Å². The molecule has 0 radical (unpaired) electrons. The molecule has 0 saturated carbocycles. The fourth-order valence-corrected chi connectivity index (χ4v) is 3.52. The normalized spacial score (nSPS) is 10.8. The van der Waals surface area contributed by atoms with Crippen molar-refractivity contribution in [3.05, 3.63) is 88.2 Å². The van der Waals surface area contributed by atoms with E-state index in [-0.39, 0.29) is 5.56 Å². The number of nitrogens with one attached hydrogen (secondary N) is 1. The summed E-state index contributed by atoms with van der Waals surface area (Å²) in [6.07, 6.45) is -0.550. The van der Waals surface area contributed by atoms with Gasteiger partial charge in [0.05, 0.1) is 11.1 Å². The Morgan fingerprint density at radius 3 is 2.20 bits per heavy atom. The SMILES string of the molecule is Cc1cc(-c2nn(C)c(=O)c3ccccc23)cc(C)c1OC(=O)Nc1ccccc1. The van der Waals surface area contributed by atoms with Gasteiger partial charge in [-0.25, -0.2) is 9.48 Å². The summed E-state index contributed by atoms with van der Waals surface area (Å²) in [5.41, 5.74) is 3.68. The minimum Gasteiger partial charge on any atom is -0.410 e. The van der Waals surface area contributed by atoms with Gasteiger partial charge in [-0.3, -0.25) is 10.1 Å². The van der Waals surface area contributed by atoms with E-state index in [9.17, 15) is 9.59 Å². The van der Waals surface area contributed by atoms with Gasteiger partial charge in [0.15, 0.2) is 0 Å². The molecule has 0 unspecified atom stereocenters. The molecule has 30 heavy (non-hydrogen) atoms. The molecular weight excluding hydrogens is 378 g/mol. The number of amides is 1. The maximum Gasteiger partial charge on any atom is 0.417 e. The first-order valence-corrected chi connectivity index (χ1v) is 9.55. The maximum atomic E-state index is 12.4. The molecule has 0 fully saturated rings. The largest absolute Gasteiger partial charge is 0.417 e. The van der Waals surface area contributed by atoms with E-state index < -0.39 is 6.09 Å². The van der Waals surface area contributed by atoms with E-state index in [1.165, 1.54) is 4.68 Å². The van der Waals surface area contributed by atoms with E-state index in [1.807, 2.05) is 62.4 Å². The quantitative estimate of drug-likeness (QED) is 0.536. The lowest BCUT2D eigenvalue weighted by atomic mass is 10.00. The topological polar surface area (TPSA) is 73.2 Å². The number of aromatic nitrogens is 2. The highest BCUT2D eigenvalue weighted by atomic mass is 16.6. The van der Waals surface area contributed by atoms with Crippen LogP contribution in [0.4, 0.5) is 10.5 Å². The highest BCUT2D eigenvalue weighted by Crippen LogP contribution is 2.32. The third kappa shape index (κ3) is 3.67. The third-order valence-electron chi connectivity index (χ3n) is 4.91. The second-order valence-corrected chi connectivity index (χ2v) is 7.14. The van der Waals surface area contributed by atoms with Crippen LogP contribution in [0.2, 0.25) is 0 Å².